The van der Waals surface area contributed by atoms with Gasteiger partial charge in [-0.15, -0.1) is 12.3 Å². The highest BCUT2D eigenvalue weighted by Gasteiger charge is 2.66. The number of aliphatic hydroxyl groups is 1. The van der Waals surface area contributed by atoms with Crippen LogP contribution in [-0.2, 0) is 4.74 Å². The summed E-state index contributed by atoms with van der Waals surface area (Å²) in [5.74, 6) is 5.41. The molecule has 0 aromatic rings. The van der Waals surface area contributed by atoms with Crippen LogP contribution in [0.25, 0.3) is 0 Å². The first-order chi connectivity index (χ1) is 12.3. The van der Waals surface area contributed by atoms with E-state index in [2.05, 4.69) is 45.8 Å². The quantitative estimate of drug-likeness (QED) is 0.700. The number of ether oxygens (including phenoxy) is 1. The highest BCUT2D eigenvalue weighted by Crippen LogP contribution is 2.70. The second kappa shape index (κ2) is 5.90. The van der Waals surface area contributed by atoms with Crippen LogP contribution in [0.4, 0.5) is 0 Å². The summed E-state index contributed by atoms with van der Waals surface area (Å²) in [5, 5.41) is 11.4. The summed E-state index contributed by atoms with van der Waals surface area (Å²) in [6.45, 7) is 9.97. The van der Waals surface area contributed by atoms with Crippen molar-refractivity contribution in [3.8, 4) is 12.3 Å². The Morgan fingerprint density at radius 2 is 2.04 bits per heavy atom. The molecule has 2 heteroatoms. The molecule has 2 fully saturated rings. The molecule has 2 saturated carbocycles. The molecule has 0 aliphatic heterocycles. The van der Waals surface area contributed by atoms with E-state index < -0.39 is 0 Å². The van der Waals surface area contributed by atoms with Crippen molar-refractivity contribution in [3.05, 3.63) is 23.5 Å². The highest BCUT2D eigenvalue weighted by atomic mass is 16.5. The molecule has 0 radical (unpaired) electrons. The van der Waals surface area contributed by atoms with E-state index in [1.165, 1.54) is 12.0 Å². The van der Waals surface area contributed by atoms with E-state index in [4.69, 9.17) is 11.2 Å². The van der Waals surface area contributed by atoms with E-state index in [9.17, 15) is 5.11 Å². The molecule has 0 aromatic carbocycles. The van der Waals surface area contributed by atoms with Crippen molar-refractivity contribution in [2.24, 2.45) is 34.0 Å². The molecule has 0 bridgehead atoms. The molecule has 7 atom stereocenters. The minimum atomic E-state index is -0.272. The lowest BCUT2D eigenvalue weighted by molar-refractivity contribution is -0.161. The maximum atomic E-state index is 11.4. The molecule has 26 heavy (non-hydrogen) atoms. The van der Waals surface area contributed by atoms with Gasteiger partial charge in [-0.05, 0) is 72.8 Å². The zero-order valence-electron chi connectivity index (χ0n) is 16.8. The van der Waals surface area contributed by atoms with Crippen molar-refractivity contribution >= 4 is 0 Å². The van der Waals surface area contributed by atoms with Gasteiger partial charge < -0.3 is 9.84 Å². The summed E-state index contributed by atoms with van der Waals surface area (Å²) in [6.07, 6.45) is 16.6. The maximum Gasteiger partial charge on any atom is 0.0962 e. The molecular formula is C24H34O2. The van der Waals surface area contributed by atoms with E-state index in [0.29, 0.717) is 17.8 Å². The zero-order valence-corrected chi connectivity index (χ0v) is 16.8. The molecule has 0 spiro atoms. The van der Waals surface area contributed by atoms with Gasteiger partial charge >= 0.3 is 0 Å². The fourth-order valence-corrected chi connectivity index (χ4v) is 7.72. The fraction of sp³-hybridized carbons (Fsp3) is 0.750. The molecule has 2 nitrogen and oxygen atoms in total. The molecular weight excluding hydrogens is 320 g/mol. The molecule has 0 aromatic heterocycles. The first-order valence-electron chi connectivity index (χ1n) is 10.5. The summed E-state index contributed by atoms with van der Waals surface area (Å²) < 4.78 is 5.81. The highest BCUT2D eigenvalue weighted by molar-refractivity contribution is 5.38. The van der Waals surface area contributed by atoms with Crippen LogP contribution in [0.15, 0.2) is 23.5 Å². The Balaban J connectivity index is 1.77. The van der Waals surface area contributed by atoms with Crippen LogP contribution in [0, 0.1) is 46.3 Å². The van der Waals surface area contributed by atoms with E-state index >= 15 is 0 Å². The molecule has 0 heterocycles. The SMILES string of the molecule is C#C[C@H]1CCC2[C@]3(C)CC=C4C=C(OCC)CC[C@]4(C)[C@H]3[C@@H](O)C[C@@]21C. The third kappa shape index (κ3) is 2.22. The molecule has 4 aliphatic rings. The Bertz CT molecular complexity index is 697. The van der Waals surface area contributed by atoms with E-state index in [1.54, 1.807) is 0 Å². The van der Waals surface area contributed by atoms with Crippen LogP contribution in [-0.4, -0.2) is 17.8 Å². The minimum Gasteiger partial charge on any atom is -0.498 e. The normalized spacial score (nSPS) is 49.8. The lowest BCUT2D eigenvalue weighted by Crippen LogP contribution is -2.60. The van der Waals surface area contributed by atoms with Gasteiger partial charge in [0.25, 0.3) is 0 Å². The smallest absolute Gasteiger partial charge is 0.0962 e. The number of hydrogen-bond donors (Lipinski definition) is 1. The predicted octanol–water partition coefficient (Wildman–Crippen LogP) is 5.09. The number of terminal acetylenes is 1. The van der Waals surface area contributed by atoms with Crippen LogP contribution in [0.3, 0.4) is 0 Å². The third-order valence-electron chi connectivity index (χ3n) is 8.72. The van der Waals surface area contributed by atoms with Crippen LogP contribution in [0.5, 0.6) is 0 Å². The number of rotatable bonds is 2. The van der Waals surface area contributed by atoms with Gasteiger partial charge in [0.15, 0.2) is 0 Å². The van der Waals surface area contributed by atoms with Crippen molar-refractivity contribution < 1.29 is 9.84 Å². The number of aliphatic hydroxyl groups excluding tert-OH is 1. The minimum absolute atomic E-state index is 0.0442. The lowest BCUT2D eigenvalue weighted by atomic mass is 9.41. The van der Waals surface area contributed by atoms with Crippen LogP contribution >= 0.6 is 0 Å². The van der Waals surface area contributed by atoms with Crippen molar-refractivity contribution in [2.45, 2.75) is 72.3 Å². The van der Waals surface area contributed by atoms with Crippen molar-refractivity contribution in [3.63, 3.8) is 0 Å². The predicted molar refractivity (Wildman–Crippen MR) is 105 cm³/mol. The van der Waals surface area contributed by atoms with Gasteiger partial charge in [-0.1, -0.05) is 26.8 Å². The number of hydrogen-bond acceptors (Lipinski definition) is 2. The summed E-state index contributed by atoms with van der Waals surface area (Å²) in [4.78, 5) is 0. The van der Waals surface area contributed by atoms with Gasteiger partial charge in [0, 0.05) is 18.3 Å². The average Bonchev–Trinajstić information content (AvgIpc) is 2.92. The standard InChI is InChI=1S/C24H34O2/c1-6-16-8-9-20-23(4)12-10-17-14-18(26-7-2)11-13-22(17,3)21(23)19(25)15-24(16,20)5/h1,10,14,16,19-21,25H,7-9,11-13,15H2,2-5H3/t16-,19-,20?,21+,22-,23-,24+/m0/s1. The van der Waals surface area contributed by atoms with E-state index in [-0.39, 0.29) is 22.3 Å². The first-order valence-corrected chi connectivity index (χ1v) is 10.5. The molecule has 4 aliphatic carbocycles. The Kier molecular flexibility index (Phi) is 4.12. The second-order valence-electron chi connectivity index (χ2n) is 9.93. The number of fused-ring (bicyclic) bond motifs is 5. The van der Waals surface area contributed by atoms with Gasteiger partial charge in [-0.3, -0.25) is 0 Å². The fourth-order valence-electron chi connectivity index (χ4n) is 7.72. The molecule has 1 N–H and O–H groups in total. The topological polar surface area (TPSA) is 29.5 Å². The summed E-state index contributed by atoms with van der Waals surface area (Å²) in [7, 11) is 0. The van der Waals surface area contributed by atoms with Gasteiger partial charge in [0.2, 0.25) is 0 Å². The first kappa shape index (κ1) is 18.2. The molecule has 0 saturated heterocycles. The largest absolute Gasteiger partial charge is 0.498 e. The van der Waals surface area contributed by atoms with Crippen molar-refractivity contribution in [1.82, 2.24) is 0 Å². The maximum absolute atomic E-state index is 11.4. The third-order valence-corrected chi connectivity index (χ3v) is 8.72. The molecule has 1 unspecified atom stereocenters. The van der Waals surface area contributed by atoms with Crippen LogP contribution in [0.1, 0.15) is 66.2 Å². The van der Waals surface area contributed by atoms with Gasteiger partial charge in [0.1, 0.15) is 0 Å². The Labute approximate surface area is 159 Å². The molecule has 4 rings (SSSR count). The lowest BCUT2D eigenvalue weighted by Gasteiger charge is -2.63. The van der Waals surface area contributed by atoms with E-state index in [1.807, 2.05) is 0 Å². The van der Waals surface area contributed by atoms with Crippen LogP contribution in [0.2, 0.25) is 0 Å². The average molecular weight is 355 g/mol. The number of allylic oxidation sites excluding steroid dienone is 4. The Morgan fingerprint density at radius 1 is 1.27 bits per heavy atom. The monoisotopic (exact) mass is 354 g/mol. The van der Waals surface area contributed by atoms with E-state index in [0.717, 1.165) is 44.5 Å². The van der Waals surface area contributed by atoms with Crippen molar-refractivity contribution in [1.29, 1.82) is 0 Å². The summed E-state index contributed by atoms with van der Waals surface area (Å²) in [5.41, 5.74) is 1.65. The Morgan fingerprint density at radius 3 is 2.73 bits per heavy atom. The zero-order chi connectivity index (χ0) is 18.7. The molecule has 0 amide bonds. The van der Waals surface area contributed by atoms with Crippen molar-refractivity contribution in [2.75, 3.05) is 6.61 Å². The van der Waals surface area contributed by atoms with Crippen LogP contribution < -0.4 is 0 Å². The van der Waals surface area contributed by atoms with Gasteiger partial charge in [-0.25, -0.2) is 0 Å². The second-order valence-corrected chi connectivity index (χ2v) is 9.93. The van der Waals surface area contributed by atoms with Gasteiger partial charge in [0.05, 0.1) is 18.5 Å². The van der Waals surface area contributed by atoms with Gasteiger partial charge in [-0.2, -0.15) is 0 Å². The summed E-state index contributed by atoms with van der Waals surface area (Å²) >= 11 is 0. The molecule has 142 valence electrons. The Hall–Kier alpha value is -1.20. The summed E-state index contributed by atoms with van der Waals surface area (Å²) in [6, 6.07) is 0.